The zero-order valence-corrected chi connectivity index (χ0v) is 15.3. The van der Waals surface area contributed by atoms with Crippen LogP contribution in [0.15, 0.2) is 48.5 Å². The first-order valence-corrected chi connectivity index (χ1v) is 9.50. The van der Waals surface area contributed by atoms with Crippen molar-refractivity contribution in [3.63, 3.8) is 0 Å². The highest BCUT2D eigenvalue weighted by Gasteiger charge is 2.35. The van der Waals surface area contributed by atoms with Gasteiger partial charge in [0.1, 0.15) is 5.69 Å². The molecule has 0 fully saturated rings. The fourth-order valence-electron chi connectivity index (χ4n) is 2.58. The van der Waals surface area contributed by atoms with Gasteiger partial charge in [-0.25, -0.2) is 0 Å². The number of primary amides is 1. The van der Waals surface area contributed by atoms with E-state index in [1.54, 1.807) is 24.3 Å². The van der Waals surface area contributed by atoms with Crippen molar-refractivity contribution in [1.29, 1.82) is 0 Å². The van der Waals surface area contributed by atoms with Crippen LogP contribution in [0.2, 0.25) is 0 Å². The molecule has 0 aliphatic rings. The maximum atomic E-state index is 13.6. The smallest absolute Gasteiger partial charge is 0.266 e. The summed E-state index contributed by atoms with van der Waals surface area (Å²) in [4.78, 5) is 14.9. The summed E-state index contributed by atoms with van der Waals surface area (Å²) in [6.07, 6.45) is 0. The number of nitrogens with one attached hydrogen (secondary N) is 1. The molecule has 0 bridgehead atoms. The first-order chi connectivity index (χ1) is 11.0. The summed E-state index contributed by atoms with van der Waals surface area (Å²) in [5.74, 6) is -0.667. The first kappa shape index (κ1) is 16.2. The van der Waals surface area contributed by atoms with E-state index in [0.29, 0.717) is 21.5 Å². The monoisotopic (exact) mass is 440 g/mol. The van der Waals surface area contributed by atoms with E-state index in [0.717, 1.165) is 3.57 Å². The number of benzene rings is 2. The van der Waals surface area contributed by atoms with Gasteiger partial charge >= 0.3 is 0 Å². The summed E-state index contributed by atoms with van der Waals surface area (Å²) in [5.41, 5.74) is 6.32. The number of amides is 1. The third-order valence-electron chi connectivity index (χ3n) is 3.63. The van der Waals surface area contributed by atoms with Crippen LogP contribution in [0.5, 0.6) is 0 Å². The lowest BCUT2D eigenvalue weighted by Gasteiger charge is -2.17. The molecule has 0 radical (unpaired) electrons. The number of H-pyrrole nitrogens is 1. The number of aromatic nitrogens is 1. The highest BCUT2D eigenvalue weighted by molar-refractivity contribution is 14.1. The number of fused-ring (bicyclic) bond motifs is 1. The SMILES string of the molecule is COP(=O)(c1ccccc1)c1c(C(N)=O)[nH]c2ccc(I)cc12. The molecule has 0 aliphatic heterocycles. The molecule has 1 amide bonds. The topological polar surface area (TPSA) is 85.2 Å². The predicted molar refractivity (Wildman–Crippen MR) is 99.9 cm³/mol. The molecule has 5 nitrogen and oxygen atoms in total. The van der Waals surface area contributed by atoms with Gasteiger partial charge in [-0.05, 0) is 52.9 Å². The number of nitrogens with two attached hydrogens (primary N) is 1. The molecule has 0 saturated carbocycles. The van der Waals surface area contributed by atoms with Crippen molar-refractivity contribution in [3.05, 3.63) is 57.8 Å². The Morgan fingerprint density at radius 3 is 2.52 bits per heavy atom. The second-order valence-corrected chi connectivity index (χ2v) is 8.65. The Kier molecular flexibility index (Phi) is 4.31. The van der Waals surface area contributed by atoms with Gasteiger partial charge in [-0.2, -0.15) is 0 Å². The van der Waals surface area contributed by atoms with E-state index >= 15 is 0 Å². The molecule has 1 heterocycles. The molecule has 2 aromatic carbocycles. The molecular formula is C16H14IN2O3P. The Morgan fingerprint density at radius 2 is 1.91 bits per heavy atom. The summed E-state index contributed by atoms with van der Waals surface area (Å²) in [7, 11) is -2.07. The van der Waals surface area contributed by atoms with Crippen molar-refractivity contribution in [1.82, 2.24) is 4.98 Å². The molecule has 3 N–H and O–H groups in total. The molecule has 1 atom stereocenters. The van der Waals surface area contributed by atoms with Crippen LogP contribution in [-0.2, 0) is 9.09 Å². The Labute approximate surface area is 146 Å². The average molecular weight is 440 g/mol. The highest BCUT2D eigenvalue weighted by Crippen LogP contribution is 2.46. The summed E-state index contributed by atoms with van der Waals surface area (Å²) in [6, 6.07) is 14.4. The summed E-state index contributed by atoms with van der Waals surface area (Å²) in [5, 5.41) is 1.52. The van der Waals surface area contributed by atoms with E-state index < -0.39 is 13.3 Å². The first-order valence-electron chi connectivity index (χ1n) is 6.80. The highest BCUT2D eigenvalue weighted by atomic mass is 127. The summed E-state index contributed by atoms with van der Waals surface area (Å²) >= 11 is 2.17. The second kappa shape index (κ2) is 6.11. The van der Waals surface area contributed by atoms with E-state index in [1.165, 1.54) is 7.11 Å². The van der Waals surface area contributed by atoms with Gasteiger partial charge in [0.2, 0.25) is 0 Å². The molecule has 118 valence electrons. The van der Waals surface area contributed by atoms with Crippen LogP contribution in [0.25, 0.3) is 10.9 Å². The van der Waals surface area contributed by atoms with Crippen LogP contribution >= 0.6 is 30.0 Å². The van der Waals surface area contributed by atoms with Gasteiger partial charge in [0.25, 0.3) is 13.3 Å². The minimum Gasteiger partial charge on any atom is -0.364 e. The van der Waals surface area contributed by atoms with Crippen LogP contribution in [0, 0.1) is 3.57 Å². The lowest BCUT2D eigenvalue weighted by atomic mass is 10.2. The average Bonchev–Trinajstić information content (AvgIpc) is 2.94. The van der Waals surface area contributed by atoms with E-state index in [9.17, 15) is 9.36 Å². The molecule has 3 aromatic rings. The van der Waals surface area contributed by atoms with E-state index in [2.05, 4.69) is 27.6 Å². The van der Waals surface area contributed by atoms with Crippen molar-refractivity contribution in [3.8, 4) is 0 Å². The lowest BCUT2D eigenvalue weighted by molar-refractivity contribution is 0.0997. The quantitative estimate of drug-likeness (QED) is 0.484. The molecule has 3 rings (SSSR count). The van der Waals surface area contributed by atoms with Gasteiger partial charge in [-0.15, -0.1) is 0 Å². The largest absolute Gasteiger partial charge is 0.364 e. The molecule has 0 aliphatic carbocycles. The number of hydrogen-bond acceptors (Lipinski definition) is 3. The fourth-order valence-corrected chi connectivity index (χ4v) is 5.25. The Hall–Kier alpha value is -1.63. The van der Waals surface area contributed by atoms with Crippen LogP contribution in [-0.4, -0.2) is 18.0 Å². The van der Waals surface area contributed by atoms with Crippen molar-refractivity contribution < 1.29 is 13.9 Å². The maximum absolute atomic E-state index is 13.6. The molecule has 0 saturated heterocycles. The number of aromatic amines is 1. The number of hydrogen-bond donors (Lipinski definition) is 2. The minimum absolute atomic E-state index is 0.121. The van der Waals surface area contributed by atoms with Crippen LogP contribution in [0.1, 0.15) is 10.5 Å². The van der Waals surface area contributed by atoms with E-state index in [-0.39, 0.29) is 5.69 Å². The molecule has 7 heteroatoms. The minimum atomic E-state index is -3.45. The van der Waals surface area contributed by atoms with Gasteiger partial charge in [-0.1, -0.05) is 18.2 Å². The molecule has 1 unspecified atom stereocenters. The molecule has 0 spiro atoms. The summed E-state index contributed by atoms with van der Waals surface area (Å²) in [6.45, 7) is 0. The van der Waals surface area contributed by atoms with Crippen LogP contribution in [0.3, 0.4) is 0 Å². The van der Waals surface area contributed by atoms with E-state index in [1.807, 2.05) is 24.3 Å². The number of carbonyl (C=O) groups is 1. The third-order valence-corrected chi connectivity index (χ3v) is 6.84. The number of halogens is 1. The van der Waals surface area contributed by atoms with E-state index in [4.69, 9.17) is 10.3 Å². The van der Waals surface area contributed by atoms with Gasteiger partial charge in [0.15, 0.2) is 0 Å². The Balaban J connectivity index is 2.41. The maximum Gasteiger partial charge on any atom is 0.266 e. The number of rotatable bonds is 4. The van der Waals surface area contributed by atoms with Crippen molar-refractivity contribution >= 4 is 57.4 Å². The van der Waals surface area contributed by atoms with Gasteiger partial charge < -0.3 is 15.2 Å². The van der Waals surface area contributed by atoms with Gasteiger partial charge in [-0.3, -0.25) is 9.36 Å². The van der Waals surface area contributed by atoms with Crippen molar-refractivity contribution in [2.75, 3.05) is 7.11 Å². The zero-order chi connectivity index (χ0) is 16.6. The lowest BCUT2D eigenvalue weighted by Crippen LogP contribution is -2.25. The Bertz CT molecular complexity index is 937. The second-order valence-electron chi connectivity index (χ2n) is 4.97. The van der Waals surface area contributed by atoms with Gasteiger partial charge in [0.05, 0.1) is 5.30 Å². The molecule has 23 heavy (non-hydrogen) atoms. The zero-order valence-electron chi connectivity index (χ0n) is 12.2. The van der Waals surface area contributed by atoms with Crippen LogP contribution < -0.4 is 16.3 Å². The van der Waals surface area contributed by atoms with Crippen molar-refractivity contribution in [2.24, 2.45) is 5.73 Å². The van der Waals surface area contributed by atoms with Crippen molar-refractivity contribution in [2.45, 2.75) is 0 Å². The molecular weight excluding hydrogens is 426 g/mol. The normalized spacial score (nSPS) is 13.8. The molecule has 1 aromatic heterocycles. The summed E-state index contributed by atoms with van der Waals surface area (Å²) < 4.78 is 20.0. The number of carbonyl (C=O) groups excluding carboxylic acids is 1. The third kappa shape index (κ3) is 2.71. The fraction of sp³-hybridized carbons (Fsp3) is 0.0625. The predicted octanol–water partition coefficient (Wildman–Crippen LogP) is 2.75. The Morgan fingerprint density at radius 1 is 1.22 bits per heavy atom. The standard InChI is InChI=1S/C16H14IN2O3P/c1-22-23(21,11-5-3-2-4-6-11)15-12-9-10(17)7-8-13(12)19-14(15)16(18)20/h2-9,19H,1H3,(H2,18,20). The van der Waals surface area contributed by atoms with Crippen LogP contribution in [0.4, 0.5) is 0 Å². The van der Waals surface area contributed by atoms with Gasteiger partial charge in [0, 0.05) is 26.9 Å².